The zero-order valence-electron chi connectivity index (χ0n) is 15.5. The lowest BCUT2D eigenvalue weighted by Crippen LogP contribution is -2.47. The second kappa shape index (κ2) is 8.67. The quantitative estimate of drug-likeness (QED) is 0.626. The van der Waals surface area contributed by atoms with E-state index in [1.54, 1.807) is 11.3 Å². The van der Waals surface area contributed by atoms with Crippen LogP contribution in [0.3, 0.4) is 0 Å². The van der Waals surface area contributed by atoms with Crippen molar-refractivity contribution >= 4 is 34.8 Å². The van der Waals surface area contributed by atoms with Crippen LogP contribution in [0.2, 0.25) is 0 Å². The van der Waals surface area contributed by atoms with Gasteiger partial charge >= 0.3 is 0 Å². The van der Waals surface area contributed by atoms with Crippen LogP contribution in [0.25, 0.3) is 11.3 Å². The van der Waals surface area contributed by atoms with E-state index in [9.17, 15) is 4.79 Å². The minimum atomic E-state index is -0.237. The predicted octanol–water partition coefficient (Wildman–Crippen LogP) is 2.75. The number of thiazole rings is 1. The molecular weight excluding hydrogens is 382 g/mol. The molecule has 4 rings (SSSR count). The van der Waals surface area contributed by atoms with Crippen molar-refractivity contribution < 1.29 is 4.79 Å². The molecule has 3 heterocycles. The lowest BCUT2D eigenvalue weighted by molar-refractivity contribution is -0.118. The number of hydrogen-bond donors (Lipinski definition) is 4. The number of fused-ring (bicyclic) bond motifs is 1. The van der Waals surface area contributed by atoms with Gasteiger partial charge in [-0.25, -0.2) is 10.4 Å². The molecule has 6 nitrogen and oxygen atoms in total. The first-order valence-electron chi connectivity index (χ1n) is 9.22. The number of aromatic nitrogens is 1. The van der Waals surface area contributed by atoms with Gasteiger partial charge in [0.1, 0.15) is 6.04 Å². The molecule has 2 aliphatic heterocycles. The van der Waals surface area contributed by atoms with Gasteiger partial charge in [-0.1, -0.05) is 44.2 Å². The molecule has 4 N–H and O–H groups in total. The van der Waals surface area contributed by atoms with Crippen LogP contribution in [-0.4, -0.2) is 36.1 Å². The normalized spacial score (nSPS) is 24.3. The van der Waals surface area contributed by atoms with Crippen molar-refractivity contribution in [3.05, 3.63) is 35.2 Å². The summed E-state index contributed by atoms with van der Waals surface area (Å²) >= 11 is 1.57. The molecule has 0 aliphatic carbocycles. The van der Waals surface area contributed by atoms with Gasteiger partial charge in [-0.3, -0.25) is 10.2 Å². The predicted molar refractivity (Wildman–Crippen MR) is 112 cm³/mol. The van der Waals surface area contributed by atoms with Crippen molar-refractivity contribution in [3.63, 3.8) is 0 Å². The number of hydrazine groups is 1. The number of hydrogen-bond acceptors (Lipinski definition) is 6. The van der Waals surface area contributed by atoms with Crippen LogP contribution in [-0.2, 0) is 4.79 Å². The molecular formula is C19H26ClN5OS. The largest absolute Gasteiger partial charge is 0.316 e. The van der Waals surface area contributed by atoms with Gasteiger partial charge in [0.15, 0.2) is 5.13 Å². The van der Waals surface area contributed by atoms with Crippen molar-refractivity contribution in [1.82, 2.24) is 21.2 Å². The van der Waals surface area contributed by atoms with Crippen LogP contribution in [0.1, 0.15) is 31.1 Å². The van der Waals surface area contributed by atoms with E-state index in [0.29, 0.717) is 17.1 Å². The molecule has 146 valence electrons. The Labute approximate surface area is 169 Å². The molecule has 0 radical (unpaired) electrons. The topological polar surface area (TPSA) is 78.1 Å². The van der Waals surface area contributed by atoms with Crippen LogP contribution in [0.15, 0.2) is 30.3 Å². The Kier molecular flexibility index (Phi) is 6.49. The molecule has 2 aliphatic rings. The van der Waals surface area contributed by atoms with Gasteiger partial charge in [-0.05, 0) is 18.9 Å². The van der Waals surface area contributed by atoms with Gasteiger partial charge in [-0.15, -0.1) is 23.7 Å². The average molecular weight is 408 g/mol. The lowest BCUT2D eigenvalue weighted by atomic mass is 9.89. The highest BCUT2D eigenvalue weighted by Crippen LogP contribution is 2.36. The standard InChI is InChI=1S/C19H25N5OS.ClH/c1-11(2)17-15(12-6-4-3-5-7-12)21-19(26-17)22-18(25)16-13-10-20-9-8-14(13)23-24-16;/h3-7,11,13-14,16,20,23-24H,8-10H2,1-2H3,(H,21,22,25);1H. The first-order valence-corrected chi connectivity index (χ1v) is 10.0. The minimum Gasteiger partial charge on any atom is -0.316 e. The Morgan fingerprint density at radius 2 is 2.04 bits per heavy atom. The Balaban J connectivity index is 0.00000210. The summed E-state index contributed by atoms with van der Waals surface area (Å²) in [6.45, 7) is 6.17. The first-order chi connectivity index (χ1) is 12.6. The number of nitrogens with one attached hydrogen (secondary N) is 4. The smallest absolute Gasteiger partial charge is 0.245 e. The Morgan fingerprint density at radius 1 is 1.26 bits per heavy atom. The van der Waals surface area contributed by atoms with Crippen LogP contribution in [0, 0.1) is 5.92 Å². The van der Waals surface area contributed by atoms with Crippen LogP contribution in [0.4, 0.5) is 5.13 Å². The van der Waals surface area contributed by atoms with E-state index in [1.807, 2.05) is 18.2 Å². The number of carbonyl (C=O) groups excluding carboxylic acids is 1. The van der Waals surface area contributed by atoms with Crippen LogP contribution in [0.5, 0.6) is 0 Å². The van der Waals surface area contributed by atoms with Gasteiger partial charge in [-0.2, -0.15) is 0 Å². The third-order valence-corrected chi connectivity index (χ3v) is 6.39. The third kappa shape index (κ3) is 4.17. The van der Waals surface area contributed by atoms with E-state index in [-0.39, 0.29) is 30.3 Å². The molecule has 0 bridgehead atoms. The highest BCUT2D eigenvalue weighted by atomic mass is 35.5. The van der Waals surface area contributed by atoms with Gasteiger partial charge < -0.3 is 10.6 Å². The summed E-state index contributed by atoms with van der Waals surface area (Å²) in [7, 11) is 0. The maximum atomic E-state index is 12.8. The lowest BCUT2D eigenvalue weighted by Gasteiger charge is -2.27. The average Bonchev–Trinajstić information content (AvgIpc) is 3.26. The summed E-state index contributed by atoms with van der Waals surface area (Å²) in [5.41, 5.74) is 8.49. The van der Waals surface area contributed by atoms with E-state index in [0.717, 1.165) is 30.8 Å². The summed E-state index contributed by atoms with van der Waals surface area (Å²) in [6, 6.07) is 10.3. The summed E-state index contributed by atoms with van der Waals surface area (Å²) in [5.74, 6) is 0.603. The third-order valence-electron chi connectivity index (χ3n) is 5.12. The van der Waals surface area contributed by atoms with E-state index in [1.165, 1.54) is 4.88 Å². The number of halogens is 1. The minimum absolute atomic E-state index is 0. The molecule has 27 heavy (non-hydrogen) atoms. The fourth-order valence-corrected chi connectivity index (χ4v) is 4.73. The van der Waals surface area contributed by atoms with Gasteiger partial charge in [0.05, 0.1) is 5.69 Å². The molecule has 3 atom stereocenters. The van der Waals surface area contributed by atoms with Gasteiger partial charge in [0.25, 0.3) is 0 Å². The molecule has 8 heteroatoms. The maximum absolute atomic E-state index is 12.8. The van der Waals surface area contributed by atoms with Crippen molar-refractivity contribution in [3.8, 4) is 11.3 Å². The Bertz CT molecular complexity index is 782. The highest BCUT2D eigenvalue weighted by molar-refractivity contribution is 7.16. The number of carbonyl (C=O) groups is 1. The summed E-state index contributed by atoms with van der Waals surface area (Å²) in [6.07, 6.45) is 1.04. The van der Waals surface area contributed by atoms with E-state index in [2.05, 4.69) is 47.5 Å². The molecule has 1 aromatic heterocycles. The molecule has 0 spiro atoms. The maximum Gasteiger partial charge on any atom is 0.245 e. The zero-order valence-corrected chi connectivity index (χ0v) is 17.1. The van der Waals surface area contributed by atoms with E-state index < -0.39 is 0 Å². The molecule has 1 aromatic carbocycles. The fourth-order valence-electron chi connectivity index (χ4n) is 3.74. The van der Waals surface area contributed by atoms with Crippen molar-refractivity contribution in [1.29, 1.82) is 0 Å². The second-order valence-corrected chi connectivity index (χ2v) is 8.30. The number of piperidine rings is 1. The number of nitrogens with zero attached hydrogens (tertiary/aromatic N) is 1. The zero-order chi connectivity index (χ0) is 18.1. The monoisotopic (exact) mass is 407 g/mol. The summed E-state index contributed by atoms with van der Waals surface area (Å²) in [5, 5.41) is 7.09. The number of amides is 1. The van der Waals surface area contributed by atoms with Gasteiger partial charge in [0.2, 0.25) is 5.91 Å². The summed E-state index contributed by atoms with van der Waals surface area (Å²) < 4.78 is 0. The van der Waals surface area contributed by atoms with Gasteiger partial charge in [0, 0.05) is 28.9 Å². The van der Waals surface area contributed by atoms with Crippen LogP contribution < -0.4 is 21.5 Å². The molecule has 2 fully saturated rings. The van der Waals surface area contributed by atoms with Crippen molar-refractivity contribution in [2.24, 2.45) is 5.92 Å². The van der Waals surface area contributed by atoms with E-state index in [4.69, 9.17) is 4.98 Å². The fraction of sp³-hybridized carbons (Fsp3) is 0.474. The molecule has 2 aromatic rings. The molecule has 2 saturated heterocycles. The Hall–Kier alpha value is -1.51. The number of benzene rings is 1. The van der Waals surface area contributed by atoms with Crippen molar-refractivity contribution in [2.45, 2.75) is 38.3 Å². The SMILES string of the molecule is CC(C)c1sc(NC(=O)C2NNC3CCNCC32)nc1-c1ccccc1.Cl. The molecule has 3 unspecified atom stereocenters. The first kappa shape index (κ1) is 20.2. The second-order valence-electron chi connectivity index (χ2n) is 7.27. The van der Waals surface area contributed by atoms with E-state index >= 15 is 0 Å². The Morgan fingerprint density at radius 3 is 2.78 bits per heavy atom. The molecule has 1 amide bonds. The number of anilines is 1. The molecule has 0 saturated carbocycles. The van der Waals surface area contributed by atoms with Crippen LogP contribution >= 0.6 is 23.7 Å². The van der Waals surface area contributed by atoms with Crippen molar-refractivity contribution in [2.75, 3.05) is 18.4 Å². The number of rotatable bonds is 4. The highest BCUT2D eigenvalue weighted by Gasteiger charge is 2.41. The summed E-state index contributed by atoms with van der Waals surface area (Å²) in [4.78, 5) is 18.8.